The monoisotopic (exact) mass is 273 g/mol. The molecule has 1 aromatic rings. The molecule has 20 heavy (non-hydrogen) atoms. The topological polar surface area (TPSA) is 20.3 Å². The van der Waals surface area contributed by atoms with Crippen LogP contribution in [0.15, 0.2) is 6.07 Å². The Morgan fingerprint density at radius 2 is 1.60 bits per heavy atom. The number of hydrogen-bond donors (Lipinski definition) is 0. The molecule has 1 atom stereocenters. The minimum atomic E-state index is 0.0895. The van der Waals surface area contributed by atoms with Gasteiger partial charge in [0, 0.05) is 18.0 Å². The second kappa shape index (κ2) is 6.09. The molecule has 1 fully saturated rings. The van der Waals surface area contributed by atoms with Crippen LogP contribution in [0.2, 0.25) is 0 Å². The van der Waals surface area contributed by atoms with E-state index in [0.29, 0.717) is 5.78 Å². The summed E-state index contributed by atoms with van der Waals surface area (Å²) in [5.74, 6) is 0.408. The van der Waals surface area contributed by atoms with Gasteiger partial charge in [-0.15, -0.1) is 0 Å². The van der Waals surface area contributed by atoms with Gasteiger partial charge in [-0.2, -0.15) is 0 Å². The predicted molar refractivity (Wildman–Crippen MR) is 84.6 cm³/mol. The summed E-state index contributed by atoms with van der Waals surface area (Å²) in [6, 6.07) is 2.19. The highest BCUT2D eigenvalue weighted by molar-refractivity contribution is 6.01. The molecule has 110 valence electrons. The molecule has 2 rings (SSSR count). The van der Waals surface area contributed by atoms with E-state index in [1.54, 1.807) is 0 Å². The van der Waals surface area contributed by atoms with E-state index in [0.717, 1.165) is 36.3 Å². The first-order valence-electron chi connectivity index (χ1n) is 7.75. The number of aryl methyl sites for hydroxylation is 2. The van der Waals surface area contributed by atoms with Crippen LogP contribution in [0.1, 0.15) is 52.4 Å². The van der Waals surface area contributed by atoms with Crippen LogP contribution in [0.5, 0.6) is 0 Å². The molecule has 2 nitrogen and oxygen atoms in total. The highest BCUT2D eigenvalue weighted by Gasteiger charge is 2.24. The number of rotatable bonds is 4. The molecule has 1 aromatic carbocycles. The van der Waals surface area contributed by atoms with Gasteiger partial charge in [0.2, 0.25) is 0 Å². The van der Waals surface area contributed by atoms with Gasteiger partial charge < -0.3 is 4.90 Å². The van der Waals surface area contributed by atoms with E-state index in [9.17, 15) is 4.79 Å². The molecule has 0 N–H and O–H groups in total. The first-order chi connectivity index (χ1) is 9.41. The summed E-state index contributed by atoms with van der Waals surface area (Å²) in [6.45, 7) is 13.7. The molecule has 1 aliphatic heterocycles. The lowest BCUT2D eigenvalue weighted by Crippen LogP contribution is -2.30. The lowest BCUT2D eigenvalue weighted by molar-refractivity contribution is 0.0901. The van der Waals surface area contributed by atoms with Crippen LogP contribution in [0.4, 0.5) is 0 Å². The highest BCUT2D eigenvalue weighted by Crippen LogP contribution is 2.25. The summed E-state index contributed by atoms with van der Waals surface area (Å²) in [6.07, 6.45) is 2.56. The molecular formula is C18H27NO. The van der Waals surface area contributed by atoms with Crippen LogP contribution >= 0.6 is 0 Å². The summed E-state index contributed by atoms with van der Waals surface area (Å²) < 4.78 is 0. The van der Waals surface area contributed by atoms with Gasteiger partial charge in [0.05, 0.1) is 0 Å². The zero-order valence-electron chi connectivity index (χ0n) is 13.5. The van der Waals surface area contributed by atoms with Crippen LogP contribution in [0, 0.1) is 33.6 Å². The number of ketones is 1. The van der Waals surface area contributed by atoms with Crippen molar-refractivity contribution < 1.29 is 4.79 Å². The third-order valence-corrected chi connectivity index (χ3v) is 4.79. The van der Waals surface area contributed by atoms with Crippen molar-refractivity contribution in [2.24, 2.45) is 5.92 Å². The van der Waals surface area contributed by atoms with Crippen LogP contribution in [0.3, 0.4) is 0 Å². The molecule has 0 spiro atoms. The standard InChI is InChI=1S/C18H27NO/c1-12-10-13(2)16(5)17(15(12)4)18(20)14(3)11-19-8-6-7-9-19/h10,14H,6-9,11H2,1-5H3. The third kappa shape index (κ3) is 2.95. The zero-order chi connectivity index (χ0) is 14.9. The lowest BCUT2D eigenvalue weighted by atomic mass is 9.87. The molecule has 0 amide bonds. The van der Waals surface area contributed by atoms with Crippen LogP contribution < -0.4 is 0 Å². The molecule has 1 heterocycles. The molecule has 0 aliphatic carbocycles. The van der Waals surface area contributed by atoms with E-state index in [4.69, 9.17) is 0 Å². The first-order valence-corrected chi connectivity index (χ1v) is 7.75. The molecular weight excluding hydrogens is 246 g/mol. The smallest absolute Gasteiger partial charge is 0.167 e. The Balaban J connectivity index is 2.24. The number of carbonyl (C=O) groups is 1. The average molecular weight is 273 g/mol. The van der Waals surface area contributed by atoms with Gasteiger partial charge in [-0.1, -0.05) is 13.0 Å². The SMILES string of the molecule is Cc1cc(C)c(C)c(C(=O)C(C)CN2CCCC2)c1C. The number of likely N-dealkylation sites (tertiary alicyclic amines) is 1. The molecule has 0 saturated carbocycles. The third-order valence-electron chi connectivity index (χ3n) is 4.79. The highest BCUT2D eigenvalue weighted by atomic mass is 16.1. The number of Topliss-reactive ketones (excluding diaryl/α,β-unsaturated/α-hetero) is 1. The summed E-state index contributed by atoms with van der Waals surface area (Å²) in [5.41, 5.74) is 5.74. The van der Waals surface area contributed by atoms with Crippen molar-refractivity contribution >= 4 is 5.78 Å². The van der Waals surface area contributed by atoms with Crippen molar-refractivity contribution in [3.63, 3.8) is 0 Å². The summed E-state index contributed by atoms with van der Waals surface area (Å²) in [5, 5.41) is 0. The summed E-state index contributed by atoms with van der Waals surface area (Å²) >= 11 is 0. The fourth-order valence-corrected chi connectivity index (χ4v) is 3.27. The maximum absolute atomic E-state index is 12.9. The van der Waals surface area contributed by atoms with Crippen molar-refractivity contribution in [2.45, 2.75) is 47.5 Å². The van der Waals surface area contributed by atoms with Crippen molar-refractivity contribution in [3.8, 4) is 0 Å². The van der Waals surface area contributed by atoms with E-state index < -0.39 is 0 Å². The van der Waals surface area contributed by atoms with Gasteiger partial charge >= 0.3 is 0 Å². The molecule has 0 radical (unpaired) electrons. The van der Waals surface area contributed by atoms with Gasteiger partial charge in [-0.05, 0) is 75.9 Å². The maximum Gasteiger partial charge on any atom is 0.167 e. The van der Waals surface area contributed by atoms with Gasteiger partial charge in [0.15, 0.2) is 5.78 Å². The van der Waals surface area contributed by atoms with Gasteiger partial charge in [-0.3, -0.25) is 4.79 Å². The van der Waals surface area contributed by atoms with E-state index in [2.05, 4.69) is 45.6 Å². The van der Waals surface area contributed by atoms with E-state index in [-0.39, 0.29) is 5.92 Å². The van der Waals surface area contributed by atoms with E-state index in [1.165, 1.54) is 24.0 Å². The Labute approximate surface area is 123 Å². The molecule has 2 heteroatoms. The van der Waals surface area contributed by atoms with Crippen molar-refractivity contribution in [1.29, 1.82) is 0 Å². The molecule has 1 unspecified atom stereocenters. The Morgan fingerprint density at radius 3 is 2.10 bits per heavy atom. The Kier molecular flexibility index (Phi) is 4.64. The van der Waals surface area contributed by atoms with E-state index >= 15 is 0 Å². The van der Waals surface area contributed by atoms with Crippen molar-refractivity contribution in [3.05, 3.63) is 33.9 Å². The van der Waals surface area contributed by atoms with Crippen LogP contribution in [0.25, 0.3) is 0 Å². The van der Waals surface area contributed by atoms with Crippen molar-refractivity contribution in [2.75, 3.05) is 19.6 Å². The zero-order valence-corrected chi connectivity index (χ0v) is 13.5. The number of nitrogens with zero attached hydrogens (tertiary/aromatic N) is 1. The van der Waals surface area contributed by atoms with Crippen LogP contribution in [-0.4, -0.2) is 30.3 Å². The number of hydrogen-bond acceptors (Lipinski definition) is 2. The first kappa shape index (κ1) is 15.2. The lowest BCUT2D eigenvalue weighted by Gasteiger charge is -2.22. The Bertz CT molecular complexity index is 486. The fourth-order valence-electron chi connectivity index (χ4n) is 3.27. The largest absolute Gasteiger partial charge is 0.303 e. The van der Waals surface area contributed by atoms with Crippen molar-refractivity contribution in [1.82, 2.24) is 4.90 Å². The number of benzene rings is 1. The second-order valence-electron chi connectivity index (χ2n) is 6.41. The van der Waals surface area contributed by atoms with Gasteiger partial charge in [0.25, 0.3) is 0 Å². The molecule has 1 aliphatic rings. The molecule has 1 saturated heterocycles. The summed E-state index contributed by atoms with van der Waals surface area (Å²) in [4.78, 5) is 15.3. The summed E-state index contributed by atoms with van der Waals surface area (Å²) in [7, 11) is 0. The minimum Gasteiger partial charge on any atom is -0.303 e. The molecule has 0 bridgehead atoms. The van der Waals surface area contributed by atoms with E-state index in [1.807, 2.05) is 0 Å². The molecule has 0 aromatic heterocycles. The Morgan fingerprint density at radius 1 is 1.10 bits per heavy atom. The Hall–Kier alpha value is -1.15. The average Bonchev–Trinajstić information content (AvgIpc) is 2.89. The quantitative estimate of drug-likeness (QED) is 0.777. The van der Waals surface area contributed by atoms with Crippen LogP contribution in [-0.2, 0) is 0 Å². The second-order valence-corrected chi connectivity index (χ2v) is 6.41. The maximum atomic E-state index is 12.9. The normalized spacial score (nSPS) is 17.4. The fraction of sp³-hybridized carbons (Fsp3) is 0.611. The minimum absolute atomic E-state index is 0.0895. The van der Waals surface area contributed by atoms with Gasteiger partial charge in [0.1, 0.15) is 0 Å². The number of carbonyl (C=O) groups excluding carboxylic acids is 1. The predicted octanol–water partition coefficient (Wildman–Crippen LogP) is 3.83. The van der Waals surface area contributed by atoms with Gasteiger partial charge in [-0.25, -0.2) is 0 Å².